The molecule has 7 aromatic carbocycles. The van der Waals surface area contributed by atoms with E-state index >= 15 is 0 Å². The van der Waals surface area contributed by atoms with Gasteiger partial charge in [-0.15, -0.1) is 22.7 Å². The summed E-state index contributed by atoms with van der Waals surface area (Å²) in [6, 6.07) is 52.2. The Balaban J connectivity index is 1.31. The molecule has 0 unspecified atom stereocenters. The first kappa shape index (κ1) is 42.1. The number of benzene rings is 7. The molecule has 0 amide bonds. The van der Waals surface area contributed by atoms with Gasteiger partial charge in [-0.05, 0) is 110 Å². The Morgan fingerprint density at radius 3 is 1.13 bits per heavy atom. The van der Waals surface area contributed by atoms with E-state index < -0.39 is 0 Å². The molecule has 2 aliphatic rings. The largest absolute Gasteiger partial charge is 0.309 e. The van der Waals surface area contributed by atoms with E-state index in [1.54, 1.807) is 0 Å². The monoisotopic (exact) mass is 919 g/mol. The summed E-state index contributed by atoms with van der Waals surface area (Å²) in [4.78, 5) is 5.43. The van der Waals surface area contributed by atoms with E-state index in [4.69, 9.17) is 0 Å². The van der Waals surface area contributed by atoms with Crippen molar-refractivity contribution >= 4 is 137 Å². The van der Waals surface area contributed by atoms with Gasteiger partial charge in [0, 0.05) is 62.6 Å². The van der Waals surface area contributed by atoms with Crippen LogP contribution in [0.2, 0.25) is 0 Å². The van der Waals surface area contributed by atoms with E-state index in [9.17, 15) is 0 Å². The van der Waals surface area contributed by atoms with Gasteiger partial charge < -0.3 is 14.2 Å². The van der Waals surface area contributed by atoms with Crippen LogP contribution in [-0.4, -0.2) is 11.1 Å². The van der Waals surface area contributed by atoms with Crippen LogP contribution in [0.3, 0.4) is 0 Å². The highest BCUT2D eigenvalue weighted by Gasteiger charge is 2.50. The molecule has 0 radical (unpaired) electrons. The third-order valence-corrected chi connectivity index (χ3v) is 17.8. The van der Waals surface area contributed by atoms with Crippen molar-refractivity contribution in [1.82, 2.24) is 4.40 Å². The first-order chi connectivity index (χ1) is 32.3. The SMILES string of the molecule is CC(C)(C)c1ccc(N2c3c(sc4ccccc34)B3c4sc5ccccc5c4N(c4ccc(C(C)(C)C)cc4)c4c3c2c2c3cc(C(C)(C)C)ccc3n3c5ccc(C(C)(C)C)cc5c4c23)cc1. The van der Waals surface area contributed by atoms with E-state index in [2.05, 4.69) is 231 Å². The van der Waals surface area contributed by atoms with E-state index in [0.29, 0.717) is 0 Å². The topological polar surface area (TPSA) is 10.9 Å². The molecule has 68 heavy (non-hydrogen) atoms. The quantitative estimate of drug-likeness (QED) is 0.160. The number of fused-ring (bicyclic) bond motifs is 16. The summed E-state index contributed by atoms with van der Waals surface area (Å²) in [6.07, 6.45) is 0. The van der Waals surface area contributed by atoms with Gasteiger partial charge in [0.2, 0.25) is 0 Å². The Labute approximate surface area is 409 Å². The van der Waals surface area contributed by atoms with Gasteiger partial charge in [0.1, 0.15) is 0 Å². The van der Waals surface area contributed by atoms with E-state index in [-0.39, 0.29) is 28.4 Å². The molecule has 0 saturated heterocycles. The maximum absolute atomic E-state index is 2.71. The molecule has 6 heterocycles. The van der Waals surface area contributed by atoms with Crippen molar-refractivity contribution in [2.75, 3.05) is 9.80 Å². The zero-order valence-corrected chi connectivity index (χ0v) is 43.1. The molecule has 0 saturated carbocycles. The van der Waals surface area contributed by atoms with Crippen molar-refractivity contribution in [2.24, 2.45) is 0 Å². The average molecular weight is 920 g/mol. The standard InChI is InChI=1S/C62H58BN3S2/c1-59(2,3)35-21-27-39(28-22-35)64-52-41-17-13-15-19-47(41)67-57(52)63-51-55(64)49-43-33-37(61(7,8)9)25-31-45(43)66-46-32-26-38(62(10,11)12)34-44(46)50(54(49)66)56(51)65(40-29-23-36(24-30-40)60(4,5)6)53-42-18-14-16-20-48(42)68-58(53)63/h13-34H,1-12H3. The van der Waals surface area contributed by atoms with Crippen LogP contribution in [0, 0.1) is 0 Å². The number of hydrogen-bond donors (Lipinski definition) is 0. The minimum absolute atomic E-state index is 0.00898. The summed E-state index contributed by atoms with van der Waals surface area (Å²) >= 11 is 3.99. The zero-order chi connectivity index (χ0) is 47.1. The number of rotatable bonds is 2. The zero-order valence-electron chi connectivity index (χ0n) is 41.4. The lowest BCUT2D eigenvalue weighted by atomic mass is 9.39. The summed E-state index contributed by atoms with van der Waals surface area (Å²) < 4.78 is 8.13. The van der Waals surface area contributed by atoms with Gasteiger partial charge in [0.25, 0.3) is 6.71 Å². The van der Waals surface area contributed by atoms with E-state index in [1.165, 1.54) is 130 Å². The maximum atomic E-state index is 2.71. The highest BCUT2D eigenvalue weighted by molar-refractivity contribution is 7.41. The third kappa shape index (κ3) is 5.77. The molecule has 2 aliphatic heterocycles. The molecule has 13 rings (SSSR count). The Hall–Kier alpha value is -6.08. The van der Waals surface area contributed by atoms with Crippen molar-refractivity contribution in [2.45, 2.75) is 105 Å². The summed E-state index contributed by atoms with van der Waals surface area (Å²) in [5.41, 5.74) is 18.2. The second kappa shape index (κ2) is 13.8. The van der Waals surface area contributed by atoms with Crippen LogP contribution in [0.15, 0.2) is 133 Å². The second-order valence-corrected chi connectivity index (χ2v) is 26.0. The fourth-order valence-corrected chi connectivity index (χ4v) is 14.4. The molecule has 11 aromatic rings. The smallest absolute Gasteiger partial charge is 0.277 e. The van der Waals surface area contributed by atoms with Gasteiger partial charge in [-0.3, -0.25) is 0 Å². The van der Waals surface area contributed by atoms with Crippen LogP contribution in [0.5, 0.6) is 0 Å². The van der Waals surface area contributed by atoms with Gasteiger partial charge >= 0.3 is 0 Å². The first-order valence-corrected chi connectivity index (χ1v) is 26.1. The number of nitrogens with zero attached hydrogens (tertiary/aromatic N) is 3. The van der Waals surface area contributed by atoms with Crippen LogP contribution in [0.25, 0.3) is 58.3 Å². The van der Waals surface area contributed by atoms with Crippen LogP contribution in [-0.2, 0) is 21.7 Å². The number of hydrogen-bond acceptors (Lipinski definition) is 4. The normalized spacial score (nSPS) is 14.4. The minimum Gasteiger partial charge on any atom is -0.309 e. The summed E-state index contributed by atoms with van der Waals surface area (Å²) in [6.45, 7) is 28.1. The fraction of sp³-hybridized carbons (Fsp3) is 0.258. The second-order valence-electron chi connectivity index (χ2n) is 23.8. The molecule has 0 bridgehead atoms. The van der Waals surface area contributed by atoms with Crippen LogP contribution < -0.4 is 24.8 Å². The molecule has 0 fully saturated rings. The molecular formula is C62H58BN3S2. The molecule has 336 valence electrons. The van der Waals surface area contributed by atoms with E-state index in [0.717, 1.165) is 0 Å². The highest BCUT2D eigenvalue weighted by Crippen LogP contribution is 2.58. The van der Waals surface area contributed by atoms with Gasteiger partial charge in [0.05, 0.1) is 39.3 Å². The Bertz CT molecular complexity index is 3640. The lowest BCUT2D eigenvalue weighted by Gasteiger charge is -2.43. The molecule has 0 atom stereocenters. The predicted octanol–water partition coefficient (Wildman–Crippen LogP) is 16.5. The van der Waals surface area contributed by atoms with Gasteiger partial charge in [-0.2, -0.15) is 0 Å². The Kier molecular flexibility index (Phi) is 8.53. The molecule has 0 aliphatic carbocycles. The van der Waals surface area contributed by atoms with Crippen molar-refractivity contribution in [3.05, 3.63) is 156 Å². The van der Waals surface area contributed by atoms with Crippen molar-refractivity contribution < 1.29 is 0 Å². The van der Waals surface area contributed by atoms with Crippen LogP contribution >= 0.6 is 22.7 Å². The van der Waals surface area contributed by atoms with Crippen LogP contribution in [0.1, 0.15) is 105 Å². The van der Waals surface area contributed by atoms with Crippen LogP contribution in [0.4, 0.5) is 34.1 Å². The molecular weight excluding hydrogens is 862 g/mol. The Morgan fingerprint density at radius 2 is 0.750 bits per heavy atom. The molecule has 3 nitrogen and oxygen atoms in total. The summed E-state index contributed by atoms with van der Waals surface area (Å²) in [5.74, 6) is 0. The molecule has 0 spiro atoms. The number of anilines is 6. The van der Waals surface area contributed by atoms with Crippen molar-refractivity contribution in [3.63, 3.8) is 0 Å². The first-order valence-electron chi connectivity index (χ1n) is 24.5. The molecule has 6 heteroatoms. The average Bonchev–Trinajstić information content (AvgIpc) is 4.05. The van der Waals surface area contributed by atoms with Gasteiger partial charge in [-0.1, -0.05) is 156 Å². The van der Waals surface area contributed by atoms with Gasteiger partial charge in [-0.25, -0.2) is 0 Å². The molecule has 4 aromatic heterocycles. The Morgan fingerprint density at radius 1 is 0.382 bits per heavy atom. The number of aromatic nitrogens is 1. The third-order valence-electron chi connectivity index (χ3n) is 15.3. The molecule has 0 N–H and O–H groups in total. The summed E-state index contributed by atoms with van der Waals surface area (Å²) in [5, 5.41) is 7.94. The van der Waals surface area contributed by atoms with Crippen molar-refractivity contribution in [3.8, 4) is 0 Å². The lowest BCUT2D eigenvalue weighted by molar-refractivity contribution is 0.590. The van der Waals surface area contributed by atoms with E-state index in [1.807, 2.05) is 22.7 Å². The predicted molar refractivity (Wildman–Crippen MR) is 301 cm³/mol. The minimum atomic E-state index is -0.0375. The van der Waals surface area contributed by atoms with Gasteiger partial charge in [0.15, 0.2) is 0 Å². The maximum Gasteiger partial charge on any atom is 0.277 e. The highest BCUT2D eigenvalue weighted by atomic mass is 32.1. The number of thiophene rings is 2. The summed E-state index contributed by atoms with van der Waals surface area (Å²) in [7, 11) is 0. The van der Waals surface area contributed by atoms with Crippen molar-refractivity contribution in [1.29, 1.82) is 0 Å². The lowest BCUT2D eigenvalue weighted by Crippen LogP contribution is -2.59. The fourth-order valence-electron chi connectivity index (χ4n) is 11.7.